The van der Waals surface area contributed by atoms with Gasteiger partial charge in [0.05, 0.1) is 0 Å². The van der Waals surface area contributed by atoms with E-state index < -0.39 is 6.10 Å². The third-order valence-corrected chi connectivity index (χ3v) is 4.79. The van der Waals surface area contributed by atoms with Gasteiger partial charge in [-0.2, -0.15) is 0 Å². The predicted molar refractivity (Wildman–Crippen MR) is 82.2 cm³/mol. The first kappa shape index (κ1) is 15.3. The maximum atomic E-state index is 13.2. The van der Waals surface area contributed by atoms with Crippen molar-refractivity contribution in [3.63, 3.8) is 0 Å². The Morgan fingerprint density at radius 3 is 2.64 bits per heavy atom. The van der Waals surface area contributed by atoms with Gasteiger partial charge in [0.1, 0.15) is 11.6 Å². The van der Waals surface area contributed by atoms with Crippen molar-refractivity contribution in [2.45, 2.75) is 25.9 Å². The van der Waals surface area contributed by atoms with Gasteiger partial charge in [-0.3, -0.25) is 4.79 Å². The largest absolute Gasteiger partial charge is 0.481 e. The highest BCUT2D eigenvalue weighted by molar-refractivity contribution is 5.80. The Kier molecular flexibility index (Phi) is 4.62. The molecule has 2 aliphatic heterocycles. The Morgan fingerprint density at radius 1 is 1.32 bits per heavy atom. The molecule has 5 heteroatoms. The van der Waals surface area contributed by atoms with Crippen LogP contribution in [-0.4, -0.2) is 43.1 Å². The number of nitrogens with one attached hydrogen (secondary N) is 1. The zero-order valence-electron chi connectivity index (χ0n) is 12.9. The number of nitrogens with zero attached hydrogens (tertiary/aromatic N) is 1. The van der Waals surface area contributed by atoms with E-state index in [-0.39, 0.29) is 11.7 Å². The molecule has 0 saturated carbocycles. The lowest BCUT2D eigenvalue weighted by Crippen LogP contribution is -2.41. The van der Waals surface area contributed by atoms with Gasteiger partial charge in [0.15, 0.2) is 6.10 Å². The molecule has 2 heterocycles. The Bertz CT molecular complexity index is 523. The third kappa shape index (κ3) is 3.40. The SMILES string of the molecule is CC(Oc1cccc(F)c1)C(=O)N1CC[C@@H]2CNC[C@@H]2CC1. The standard InChI is InChI=1S/C17H23FN2O2/c1-12(22-16-4-2-3-15(18)9-16)17(21)20-7-5-13-10-19-11-14(13)6-8-20/h2-4,9,12-14,19H,5-8,10-11H2,1H3/t12?,13-,14+. The van der Waals surface area contributed by atoms with Crippen LogP contribution in [0.4, 0.5) is 4.39 Å². The van der Waals surface area contributed by atoms with Crippen molar-refractivity contribution in [1.29, 1.82) is 0 Å². The average molecular weight is 306 g/mol. The molecular formula is C17H23FN2O2. The number of rotatable bonds is 3. The summed E-state index contributed by atoms with van der Waals surface area (Å²) >= 11 is 0. The molecule has 120 valence electrons. The Morgan fingerprint density at radius 2 is 2.00 bits per heavy atom. The summed E-state index contributed by atoms with van der Waals surface area (Å²) in [6.07, 6.45) is 1.52. The number of ether oxygens (including phenoxy) is 1. The molecule has 0 radical (unpaired) electrons. The second-order valence-corrected chi connectivity index (χ2v) is 6.30. The van der Waals surface area contributed by atoms with E-state index in [4.69, 9.17) is 4.74 Å². The van der Waals surface area contributed by atoms with Gasteiger partial charge in [-0.15, -0.1) is 0 Å². The number of hydrogen-bond acceptors (Lipinski definition) is 3. The van der Waals surface area contributed by atoms with Crippen LogP contribution in [0, 0.1) is 17.7 Å². The Balaban J connectivity index is 1.58. The molecule has 22 heavy (non-hydrogen) atoms. The summed E-state index contributed by atoms with van der Waals surface area (Å²) < 4.78 is 18.8. The van der Waals surface area contributed by atoms with E-state index in [0.29, 0.717) is 17.6 Å². The lowest BCUT2D eigenvalue weighted by Gasteiger charge is -2.25. The summed E-state index contributed by atoms with van der Waals surface area (Å²) in [5.74, 6) is 1.43. The predicted octanol–water partition coefficient (Wildman–Crippen LogP) is 2.05. The van der Waals surface area contributed by atoms with E-state index in [2.05, 4.69) is 5.32 Å². The fourth-order valence-electron chi connectivity index (χ4n) is 3.49. The van der Waals surface area contributed by atoms with Gasteiger partial charge >= 0.3 is 0 Å². The third-order valence-electron chi connectivity index (χ3n) is 4.79. The first-order chi connectivity index (χ1) is 10.6. The topological polar surface area (TPSA) is 41.6 Å². The molecule has 0 bridgehead atoms. The van der Waals surface area contributed by atoms with Gasteiger partial charge in [0.25, 0.3) is 5.91 Å². The molecule has 0 aromatic heterocycles. The summed E-state index contributed by atoms with van der Waals surface area (Å²) in [7, 11) is 0. The second-order valence-electron chi connectivity index (χ2n) is 6.30. The van der Waals surface area contributed by atoms with Crippen LogP contribution in [0.5, 0.6) is 5.75 Å². The van der Waals surface area contributed by atoms with Crippen LogP contribution in [0.2, 0.25) is 0 Å². The molecular weight excluding hydrogens is 283 g/mol. The quantitative estimate of drug-likeness (QED) is 0.929. The number of carbonyl (C=O) groups is 1. The molecule has 4 nitrogen and oxygen atoms in total. The van der Waals surface area contributed by atoms with Crippen molar-refractivity contribution >= 4 is 5.91 Å². The number of likely N-dealkylation sites (tertiary alicyclic amines) is 1. The summed E-state index contributed by atoms with van der Waals surface area (Å²) in [5.41, 5.74) is 0. The first-order valence-corrected chi connectivity index (χ1v) is 8.05. The van der Waals surface area contributed by atoms with E-state index in [1.165, 1.54) is 12.1 Å². The summed E-state index contributed by atoms with van der Waals surface area (Å²) in [4.78, 5) is 14.5. The Labute approximate surface area is 130 Å². The highest BCUT2D eigenvalue weighted by Gasteiger charge is 2.32. The zero-order valence-corrected chi connectivity index (χ0v) is 12.9. The molecule has 2 fully saturated rings. The van der Waals surface area contributed by atoms with Crippen LogP contribution in [0.1, 0.15) is 19.8 Å². The minimum absolute atomic E-state index is 0.00260. The molecule has 3 atom stereocenters. The maximum absolute atomic E-state index is 13.2. The molecule has 2 aliphatic rings. The second kappa shape index (κ2) is 6.65. The van der Waals surface area contributed by atoms with Crippen LogP contribution in [0.25, 0.3) is 0 Å². The molecule has 1 aromatic rings. The van der Waals surface area contributed by atoms with Crippen molar-refractivity contribution in [2.24, 2.45) is 11.8 Å². The average Bonchev–Trinajstić information content (AvgIpc) is 2.85. The smallest absolute Gasteiger partial charge is 0.263 e. The van der Waals surface area contributed by atoms with Crippen molar-refractivity contribution in [3.05, 3.63) is 30.1 Å². The lowest BCUT2D eigenvalue weighted by molar-refractivity contribution is -0.137. The highest BCUT2D eigenvalue weighted by atomic mass is 19.1. The number of amides is 1. The molecule has 1 N–H and O–H groups in total. The van der Waals surface area contributed by atoms with Gasteiger partial charge < -0.3 is 15.0 Å². The van der Waals surface area contributed by atoms with Crippen LogP contribution in [0.15, 0.2) is 24.3 Å². The summed E-state index contributed by atoms with van der Waals surface area (Å²) in [6, 6.07) is 5.93. The van der Waals surface area contributed by atoms with Crippen molar-refractivity contribution < 1.29 is 13.9 Å². The monoisotopic (exact) mass is 306 g/mol. The van der Waals surface area contributed by atoms with Gasteiger partial charge in [0, 0.05) is 19.2 Å². The number of fused-ring (bicyclic) bond motifs is 1. The van der Waals surface area contributed by atoms with E-state index in [9.17, 15) is 9.18 Å². The van der Waals surface area contributed by atoms with Crippen LogP contribution < -0.4 is 10.1 Å². The maximum Gasteiger partial charge on any atom is 0.263 e. The highest BCUT2D eigenvalue weighted by Crippen LogP contribution is 2.27. The fraction of sp³-hybridized carbons (Fsp3) is 0.588. The van der Waals surface area contributed by atoms with Crippen molar-refractivity contribution in [2.75, 3.05) is 26.2 Å². The van der Waals surface area contributed by atoms with E-state index in [0.717, 1.165) is 39.0 Å². The molecule has 1 aromatic carbocycles. The summed E-state index contributed by atoms with van der Waals surface area (Å²) in [5, 5.41) is 3.43. The minimum atomic E-state index is -0.585. The molecule has 0 aliphatic carbocycles. The van der Waals surface area contributed by atoms with E-state index in [1.807, 2.05) is 4.90 Å². The van der Waals surface area contributed by atoms with E-state index >= 15 is 0 Å². The normalized spacial score (nSPS) is 26.2. The minimum Gasteiger partial charge on any atom is -0.481 e. The molecule has 1 amide bonds. The van der Waals surface area contributed by atoms with Crippen LogP contribution in [-0.2, 0) is 4.79 Å². The van der Waals surface area contributed by atoms with E-state index in [1.54, 1.807) is 19.1 Å². The van der Waals surface area contributed by atoms with Gasteiger partial charge in [0.2, 0.25) is 0 Å². The molecule has 3 rings (SSSR count). The molecule has 1 unspecified atom stereocenters. The van der Waals surface area contributed by atoms with Crippen LogP contribution >= 0.6 is 0 Å². The van der Waals surface area contributed by atoms with Gasteiger partial charge in [-0.1, -0.05) is 6.07 Å². The number of carbonyl (C=O) groups excluding carboxylic acids is 1. The molecule has 2 saturated heterocycles. The first-order valence-electron chi connectivity index (χ1n) is 8.05. The number of benzene rings is 1. The fourth-order valence-corrected chi connectivity index (χ4v) is 3.49. The van der Waals surface area contributed by atoms with Crippen LogP contribution in [0.3, 0.4) is 0 Å². The van der Waals surface area contributed by atoms with Gasteiger partial charge in [-0.25, -0.2) is 4.39 Å². The number of hydrogen-bond donors (Lipinski definition) is 1. The zero-order chi connectivity index (χ0) is 15.5. The van der Waals surface area contributed by atoms with Crippen molar-refractivity contribution in [3.8, 4) is 5.75 Å². The van der Waals surface area contributed by atoms with Crippen molar-refractivity contribution in [1.82, 2.24) is 10.2 Å². The molecule has 0 spiro atoms. The Hall–Kier alpha value is -1.62. The summed E-state index contributed by atoms with van der Waals surface area (Å²) in [6.45, 7) is 5.46. The lowest BCUT2D eigenvalue weighted by atomic mass is 9.92. The van der Waals surface area contributed by atoms with Gasteiger partial charge in [-0.05, 0) is 56.8 Å². The number of halogens is 1.